The van der Waals surface area contributed by atoms with Gasteiger partial charge in [-0.25, -0.2) is 18.0 Å². The molecule has 3 amide bonds. The number of carbonyl (C=O) groups excluding carboxylic acids is 4. The van der Waals surface area contributed by atoms with Gasteiger partial charge < -0.3 is 25.0 Å². The van der Waals surface area contributed by atoms with Gasteiger partial charge in [-0.1, -0.05) is 0 Å². The van der Waals surface area contributed by atoms with Crippen LogP contribution in [0.5, 0.6) is 0 Å². The molecule has 1 saturated carbocycles. The van der Waals surface area contributed by atoms with E-state index in [0.717, 1.165) is 12.8 Å². The van der Waals surface area contributed by atoms with Crippen LogP contribution in [-0.4, -0.2) is 115 Å². The van der Waals surface area contributed by atoms with E-state index < -0.39 is 39.3 Å². The highest BCUT2D eigenvalue weighted by atomic mass is 32.2. The molecule has 14 heteroatoms. The van der Waals surface area contributed by atoms with Gasteiger partial charge in [-0.2, -0.15) is 4.31 Å². The molecule has 268 valence electrons. The van der Waals surface area contributed by atoms with E-state index in [0.29, 0.717) is 69.8 Å². The summed E-state index contributed by atoms with van der Waals surface area (Å²) in [6, 6.07) is 5.70. The largest absolute Gasteiger partial charge is 0.456 e. The third-order valence-corrected chi connectivity index (χ3v) is 10.3. The maximum atomic E-state index is 14.0. The summed E-state index contributed by atoms with van der Waals surface area (Å²) in [6.45, 7) is 13.5. The molecule has 0 radical (unpaired) electrons. The van der Waals surface area contributed by atoms with E-state index in [1.54, 1.807) is 49.9 Å². The highest BCUT2D eigenvalue weighted by Crippen LogP contribution is 2.33. The zero-order valence-corrected chi connectivity index (χ0v) is 30.2. The lowest BCUT2D eigenvalue weighted by Crippen LogP contribution is -2.52. The third kappa shape index (κ3) is 10.6. The first kappa shape index (κ1) is 37.6. The van der Waals surface area contributed by atoms with Crippen LogP contribution in [0.15, 0.2) is 24.3 Å². The van der Waals surface area contributed by atoms with Gasteiger partial charge in [-0.05, 0) is 104 Å². The molecule has 2 aliphatic heterocycles. The van der Waals surface area contributed by atoms with E-state index in [1.807, 2.05) is 20.8 Å². The quantitative estimate of drug-likeness (QED) is 0.390. The van der Waals surface area contributed by atoms with Crippen molar-refractivity contribution in [2.24, 2.45) is 11.8 Å². The summed E-state index contributed by atoms with van der Waals surface area (Å²) in [5.74, 6) is -0.803. The number of alkyl carbamates (subject to hydrolysis) is 1. The van der Waals surface area contributed by atoms with Gasteiger partial charge in [0.05, 0.1) is 11.8 Å². The van der Waals surface area contributed by atoms with Crippen LogP contribution in [0, 0.1) is 11.8 Å². The number of esters is 1. The monoisotopic (exact) mass is 691 g/mol. The van der Waals surface area contributed by atoms with Gasteiger partial charge in [0.15, 0.2) is 0 Å². The molecule has 2 heterocycles. The van der Waals surface area contributed by atoms with Gasteiger partial charge >= 0.3 is 12.1 Å². The summed E-state index contributed by atoms with van der Waals surface area (Å²) < 4.78 is 36.4. The van der Waals surface area contributed by atoms with Crippen LogP contribution < -0.4 is 10.6 Å². The zero-order chi connectivity index (χ0) is 35.4. The van der Waals surface area contributed by atoms with Crippen molar-refractivity contribution in [3.63, 3.8) is 0 Å². The minimum absolute atomic E-state index is 0.0498. The Morgan fingerprint density at radius 3 is 1.98 bits per heavy atom. The van der Waals surface area contributed by atoms with Crippen molar-refractivity contribution in [1.29, 1.82) is 0 Å². The highest BCUT2D eigenvalue weighted by Gasteiger charge is 2.44. The van der Waals surface area contributed by atoms with Crippen molar-refractivity contribution >= 4 is 39.6 Å². The number of ether oxygens (including phenoxy) is 2. The molecular formula is C34H53N5O8S. The molecule has 3 fully saturated rings. The topological polar surface area (TPSA) is 155 Å². The lowest BCUT2D eigenvalue weighted by Gasteiger charge is -2.37. The van der Waals surface area contributed by atoms with Crippen molar-refractivity contribution < 1.29 is 37.1 Å². The van der Waals surface area contributed by atoms with Gasteiger partial charge in [-0.3, -0.25) is 14.5 Å². The SMILES string of the molecule is CC(C)(C)OC(=O)NC[C@H]1CC[C@@H](C(=O)N2C[C@@H](N3CCN(S(C)(=O)=O)CC3)C[C@H]2C(=O)Nc2ccc(C(=O)OC(C)(C)C)cc2)CC1. The number of benzene rings is 1. The number of rotatable bonds is 8. The summed E-state index contributed by atoms with van der Waals surface area (Å²) in [5, 5.41) is 5.79. The highest BCUT2D eigenvalue weighted by molar-refractivity contribution is 7.88. The van der Waals surface area contributed by atoms with Gasteiger partial charge in [0.25, 0.3) is 0 Å². The third-order valence-electron chi connectivity index (χ3n) is 9.04. The Bertz CT molecular complexity index is 1420. The van der Waals surface area contributed by atoms with Crippen LogP contribution in [0.1, 0.15) is 84.0 Å². The minimum atomic E-state index is -3.29. The summed E-state index contributed by atoms with van der Waals surface area (Å²) in [5.41, 5.74) is -0.337. The van der Waals surface area contributed by atoms with Gasteiger partial charge in [0.1, 0.15) is 17.2 Å². The van der Waals surface area contributed by atoms with Gasteiger partial charge in [0, 0.05) is 56.9 Å². The number of likely N-dealkylation sites (tertiary alicyclic amines) is 1. The Balaban J connectivity index is 1.41. The second-order valence-electron chi connectivity index (χ2n) is 15.3. The van der Waals surface area contributed by atoms with E-state index >= 15 is 0 Å². The number of hydrogen-bond acceptors (Lipinski definition) is 9. The molecule has 2 saturated heterocycles. The second-order valence-corrected chi connectivity index (χ2v) is 17.2. The van der Waals surface area contributed by atoms with E-state index in [-0.39, 0.29) is 29.7 Å². The molecule has 0 unspecified atom stereocenters. The average Bonchev–Trinajstić information content (AvgIpc) is 3.44. The summed E-state index contributed by atoms with van der Waals surface area (Å²) >= 11 is 0. The lowest BCUT2D eigenvalue weighted by atomic mass is 9.81. The smallest absolute Gasteiger partial charge is 0.407 e. The fraction of sp³-hybridized carbons (Fsp3) is 0.706. The van der Waals surface area contributed by atoms with Crippen molar-refractivity contribution in [2.45, 2.75) is 96.9 Å². The number of sulfonamides is 1. The molecule has 0 aromatic heterocycles. The normalized spacial score (nSPS) is 24.5. The molecule has 4 rings (SSSR count). The predicted molar refractivity (Wildman–Crippen MR) is 182 cm³/mol. The summed E-state index contributed by atoms with van der Waals surface area (Å²) in [6.07, 6.45) is 4.07. The summed E-state index contributed by atoms with van der Waals surface area (Å²) in [7, 11) is -3.29. The fourth-order valence-corrected chi connectivity index (χ4v) is 7.44. The number of anilines is 1. The minimum Gasteiger partial charge on any atom is -0.456 e. The van der Waals surface area contributed by atoms with Crippen LogP contribution >= 0.6 is 0 Å². The van der Waals surface area contributed by atoms with Crippen LogP contribution in [0.3, 0.4) is 0 Å². The molecule has 1 aromatic carbocycles. The Labute approximate surface area is 285 Å². The molecule has 2 atom stereocenters. The number of piperazine rings is 1. The van der Waals surface area contributed by atoms with Crippen LogP contribution in [0.25, 0.3) is 0 Å². The maximum Gasteiger partial charge on any atom is 0.407 e. The maximum absolute atomic E-state index is 14.0. The number of amides is 3. The number of hydrogen-bond donors (Lipinski definition) is 2. The lowest BCUT2D eigenvalue weighted by molar-refractivity contribution is -0.141. The van der Waals surface area contributed by atoms with Crippen molar-refractivity contribution in [3.05, 3.63) is 29.8 Å². The molecule has 2 N–H and O–H groups in total. The van der Waals surface area contributed by atoms with E-state index in [9.17, 15) is 27.6 Å². The van der Waals surface area contributed by atoms with Crippen LogP contribution in [-0.2, 0) is 29.1 Å². The zero-order valence-electron chi connectivity index (χ0n) is 29.4. The van der Waals surface area contributed by atoms with E-state index in [4.69, 9.17) is 9.47 Å². The fourth-order valence-electron chi connectivity index (χ4n) is 6.61. The van der Waals surface area contributed by atoms with Gasteiger partial charge in [-0.15, -0.1) is 0 Å². The van der Waals surface area contributed by atoms with Crippen molar-refractivity contribution in [3.8, 4) is 0 Å². The molecular weight excluding hydrogens is 638 g/mol. The van der Waals surface area contributed by atoms with Crippen molar-refractivity contribution in [2.75, 3.05) is 50.8 Å². The number of nitrogens with one attached hydrogen (secondary N) is 2. The van der Waals surface area contributed by atoms with Gasteiger partial charge in [0.2, 0.25) is 21.8 Å². The van der Waals surface area contributed by atoms with Crippen LogP contribution in [0.2, 0.25) is 0 Å². The first-order chi connectivity index (χ1) is 22.3. The van der Waals surface area contributed by atoms with E-state index in [1.165, 1.54) is 10.6 Å². The molecule has 1 aromatic rings. The Hall–Kier alpha value is -3.23. The molecule has 0 spiro atoms. The molecule has 13 nitrogen and oxygen atoms in total. The second kappa shape index (κ2) is 15.1. The molecule has 3 aliphatic rings. The standard InChI is InChI=1S/C34H53N5O8S/c1-33(2,3)46-31(42)25-12-14-26(15-13-25)36-29(40)28-20-27(37-16-18-38(19-17-37)48(7,44)45)22-39(28)30(41)24-10-8-23(9-11-24)21-35-32(43)47-34(4,5)6/h12-15,23-24,27-28H,8-11,16-22H2,1-7H3,(H,35,43)(H,36,40)/t23-,24+,27-,28-/m0/s1. The summed E-state index contributed by atoms with van der Waals surface area (Å²) in [4.78, 5) is 56.3. The van der Waals surface area contributed by atoms with Crippen LogP contribution in [0.4, 0.5) is 10.5 Å². The Kier molecular flexibility index (Phi) is 11.8. The predicted octanol–water partition coefficient (Wildman–Crippen LogP) is 3.46. The average molecular weight is 692 g/mol. The number of carbonyl (C=O) groups is 4. The van der Waals surface area contributed by atoms with Crippen molar-refractivity contribution in [1.82, 2.24) is 19.4 Å². The Morgan fingerprint density at radius 2 is 1.44 bits per heavy atom. The first-order valence-electron chi connectivity index (χ1n) is 16.9. The van der Waals surface area contributed by atoms with E-state index in [2.05, 4.69) is 15.5 Å². The molecule has 1 aliphatic carbocycles. The first-order valence-corrected chi connectivity index (χ1v) is 18.7. The molecule has 48 heavy (non-hydrogen) atoms. The Morgan fingerprint density at radius 1 is 0.854 bits per heavy atom. The number of nitrogens with zero attached hydrogens (tertiary/aromatic N) is 3. The molecule has 0 bridgehead atoms.